The Hall–Kier alpha value is -3.78. The molecular formula is C25H23N5O2S. The molecule has 3 aromatic heterocycles. The highest BCUT2D eigenvalue weighted by Gasteiger charge is 2.25. The summed E-state index contributed by atoms with van der Waals surface area (Å²) >= 11 is 1.48. The maximum atomic E-state index is 13.5. The van der Waals surface area contributed by atoms with Gasteiger partial charge in [-0.25, -0.2) is 14.6 Å². The Morgan fingerprint density at radius 1 is 1.03 bits per heavy atom. The average molecular weight is 458 g/mol. The number of nitrogens with zero attached hydrogens (tertiary/aromatic N) is 5. The summed E-state index contributed by atoms with van der Waals surface area (Å²) in [7, 11) is 1.82. The van der Waals surface area contributed by atoms with Crippen LogP contribution in [0.5, 0.6) is 5.88 Å². The smallest absolute Gasteiger partial charge is 0.271 e. The maximum absolute atomic E-state index is 13.5. The first-order chi connectivity index (χ1) is 15.9. The fourth-order valence-electron chi connectivity index (χ4n) is 3.96. The van der Waals surface area contributed by atoms with Gasteiger partial charge in [-0.1, -0.05) is 41.7 Å². The molecule has 0 bridgehead atoms. The first kappa shape index (κ1) is 21.1. The van der Waals surface area contributed by atoms with Crippen LogP contribution in [0.25, 0.3) is 21.3 Å². The van der Waals surface area contributed by atoms with E-state index in [1.54, 1.807) is 9.58 Å². The van der Waals surface area contributed by atoms with E-state index in [1.165, 1.54) is 11.3 Å². The molecule has 2 aromatic carbocycles. The number of carbonyl (C=O) groups is 1. The van der Waals surface area contributed by atoms with E-state index >= 15 is 0 Å². The number of aryl methyl sites for hydroxylation is 4. The molecule has 5 rings (SSSR count). The Balaban J connectivity index is 1.51. The van der Waals surface area contributed by atoms with Gasteiger partial charge in [-0.15, -0.1) is 5.10 Å². The third-order valence-corrected chi connectivity index (χ3v) is 6.52. The van der Waals surface area contributed by atoms with Crippen LogP contribution in [0.2, 0.25) is 0 Å². The SMILES string of the molecule is Cc1cc(C)c2c(OCC(=O)N(c3nc4ccccc4s3)c3ccccc3C)nn(C)c2n1. The lowest BCUT2D eigenvalue weighted by atomic mass is 10.2. The van der Waals surface area contributed by atoms with E-state index in [-0.39, 0.29) is 12.5 Å². The van der Waals surface area contributed by atoms with E-state index in [0.29, 0.717) is 11.0 Å². The first-order valence-electron chi connectivity index (χ1n) is 10.6. The minimum absolute atomic E-state index is 0.177. The lowest BCUT2D eigenvalue weighted by Crippen LogP contribution is -2.31. The fraction of sp³-hybridized carbons (Fsp3) is 0.200. The number of fused-ring (bicyclic) bond motifs is 2. The van der Waals surface area contributed by atoms with Gasteiger partial charge < -0.3 is 4.74 Å². The maximum Gasteiger partial charge on any atom is 0.271 e. The van der Waals surface area contributed by atoms with Crippen molar-refractivity contribution in [3.05, 3.63) is 71.4 Å². The van der Waals surface area contributed by atoms with Crippen LogP contribution >= 0.6 is 11.3 Å². The topological polar surface area (TPSA) is 73.1 Å². The fourth-order valence-corrected chi connectivity index (χ4v) is 4.96. The molecule has 0 atom stereocenters. The predicted octanol–water partition coefficient (Wildman–Crippen LogP) is 5.25. The zero-order valence-corrected chi connectivity index (χ0v) is 19.7. The third-order valence-electron chi connectivity index (χ3n) is 5.50. The van der Waals surface area contributed by atoms with Crippen molar-refractivity contribution in [3.63, 3.8) is 0 Å². The van der Waals surface area contributed by atoms with Gasteiger partial charge in [0.1, 0.15) is 0 Å². The summed E-state index contributed by atoms with van der Waals surface area (Å²) in [5, 5.41) is 5.90. The van der Waals surface area contributed by atoms with Crippen LogP contribution in [0, 0.1) is 20.8 Å². The number of rotatable bonds is 5. The second kappa shape index (κ2) is 8.29. The zero-order valence-electron chi connectivity index (χ0n) is 18.9. The van der Waals surface area contributed by atoms with Gasteiger partial charge in [0.25, 0.3) is 5.91 Å². The van der Waals surface area contributed by atoms with Crippen LogP contribution in [-0.2, 0) is 11.8 Å². The zero-order chi connectivity index (χ0) is 23.1. The van der Waals surface area contributed by atoms with Crippen molar-refractivity contribution in [2.24, 2.45) is 7.05 Å². The van der Waals surface area contributed by atoms with Crippen LogP contribution in [0.15, 0.2) is 54.6 Å². The number of aromatic nitrogens is 4. The minimum atomic E-state index is -0.222. The highest BCUT2D eigenvalue weighted by Crippen LogP contribution is 2.35. The summed E-state index contributed by atoms with van der Waals surface area (Å²) in [4.78, 5) is 24.5. The van der Waals surface area contributed by atoms with Crippen molar-refractivity contribution in [1.82, 2.24) is 19.7 Å². The molecule has 0 saturated heterocycles. The highest BCUT2D eigenvalue weighted by molar-refractivity contribution is 7.22. The number of carbonyl (C=O) groups excluding carboxylic acids is 1. The predicted molar refractivity (Wildman–Crippen MR) is 131 cm³/mol. The number of pyridine rings is 1. The van der Waals surface area contributed by atoms with E-state index in [2.05, 4.69) is 10.1 Å². The molecule has 8 heteroatoms. The number of para-hydroxylation sites is 2. The van der Waals surface area contributed by atoms with Crippen LogP contribution in [0.4, 0.5) is 10.8 Å². The molecule has 3 heterocycles. The molecule has 0 saturated carbocycles. The molecule has 166 valence electrons. The molecule has 0 unspecified atom stereocenters. The van der Waals surface area contributed by atoms with E-state index in [1.807, 2.05) is 82.4 Å². The number of thiazole rings is 1. The van der Waals surface area contributed by atoms with Gasteiger partial charge in [0, 0.05) is 12.7 Å². The average Bonchev–Trinajstić information content (AvgIpc) is 3.35. The summed E-state index contributed by atoms with van der Waals surface area (Å²) in [6, 6.07) is 17.6. The van der Waals surface area contributed by atoms with Gasteiger partial charge in [-0.3, -0.25) is 9.69 Å². The molecule has 7 nitrogen and oxygen atoms in total. The van der Waals surface area contributed by atoms with E-state index in [9.17, 15) is 4.79 Å². The molecule has 33 heavy (non-hydrogen) atoms. The molecule has 5 aromatic rings. The Morgan fingerprint density at radius 3 is 2.58 bits per heavy atom. The highest BCUT2D eigenvalue weighted by atomic mass is 32.1. The van der Waals surface area contributed by atoms with Crippen LogP contribution in [-0.4, -0.2) is 32.3 Å². The number of hydrogen-bond acceptors (Lipinski definition) is 6. The van der Waals surface area contributed by atoms with Gasteiger partial charge in [-0.2, -0.15) is 0 Å². The number of ether oxygens (including phenoxy) is 1. The lowest BCUT2D eigenvalue weighted by Gasteiger charge is -2.21. The Morgan fingerprint density at radius 2 is 1.79 bits per heavy atom. The van der Waals surface area contributed by atoms with Gasteiger partial charge in [0.2, 0.25) is 5.88 Å². The molecule has 0 radical (unpaired) electrons. The lowest BCUT2D eigenvalue weighted by molar-refractivity contribution is -0.119. The second-order valence-electron chi connectivity index (χ2n) is 7.98. The van der Waals surface area contributed by atoms with E-state index in [0.717, 1.165) is 43.8 Å². The molecular weight excluding hydrogens is 434 g/mol. The standard InChI is InChI=1S/C25H23N5O2S/c1-15-9-5-7-11-19(15)30(25-27-18-10-6-8-12-20(18)33-25)21(31)14-32-24-22-16(2)13-17(3)26-23(22)29(4)28-24/h5-13H,14H2,1-4H3. The van der Waals surface area contributed by atoms with Crippen LogP contribution in [0.3, 0.4) is 0 Å². The number of anilines is 2. The largest absolute Gasteiger partial charge is 0.466 e. The van der Waals surface area contributed by atoms with E-state index < -0.39 is 0 Å². The van der Waals surface area contributed by atoms with E-state index in [4.69, 9.17) is 9.72 Å². The summed E-state index contributed by atoms with van der Waals surface area (Å²) in [5.41, 5.74) is 5.27. The van der Waals surface area contributed by atoms with Gasteiger partial charge in [0.05, 0.1) is 21.3 Å². The Kier molecular flexibility index (Phi) is 5.30. The monoisotopic (exact) mass is 457 g/mol. The van der Waals surface area contributed by atoms with Gasteiger partial charge in [-0.05, 0) is 56.2 Å². The molecule has 0 aliphatic carbocycles. The number of benzene rings is 2. The van der Waals surface area contributed by atoms with Gasteiger partial charge in [0.15, 0.2) is 17.4 Å². The van der Waals surface area contributed by atoms with Gasteiger partial charge >= 0.3 is 0 Å². The van der Waals surface area contributed by atoms with Crippen molar-refractivity contribution in [1.29, 1.82) is 0 Å². The van der Waals surface area contributed by atoms with Crippen molar-refractivity contribution in [3.8, 4) is 5.88 Å². The first-order valence-corrected chi connectivity index (χ1v) is 11.4. The molecule has 0 aliphatic heterocycles. The van der Waals surface area contributed by atoms with Crippen LogP contribution < -0.4 is 9.64 Å². The van der Waals surface area contributed by atoms with Crippen molar-refractivity contribution in [2.75, 3.05) is 11.5 Å². The quantitative estimate of drug-likeness (QED) is 0.361. The number of hydrogen-bond donors (Lipinski definition) is 0. The second-order valence-corrected chi connectivity index (χ2v) is 8.99. The molecule has 0 spiro atoms. The Bertz CT molecular complexity index is 1470. The minimum Gasteiger partial charge on any atom is -0.466 e. The molecule has 0 fully saturated rings. The summed E-state index contributed by atoms with van der Waals surface area (Å²) < 4.78 is 8.68. The van der Waals surface area contributed by atoms with Crippen molar-refractivity contribution >= 4 is 49.3 Å². The van der Waals surface area contributed by atoms with Crippen molar-refractivity contribution in [2.45, 2.75) is 20.8 Å². The third kappa shape index (κ3) is 3.82. The molecule has 0 aliphatic rings. The molecule has 0 N–H and O–H groups in total. The summed E-state index contributed by atoms with van der Waals surface area (Å²) in [6.07, 6.45) is 0. The molecule has 1 amide bonds. The number of amides is 1. The van der Waals surface area contributed by atoms with Crippen LogP contribution in [0.1, 0.15) is 16.8 Å². The normalized spacial score (nSPS) is 11.3. The Labute approximate surface area is 195 Å². The van der Waals surface area contributed by atoms with Crippen molar-refractivity contribution < 1.29 is 9.53 Å². The summed E-state index contributed by atoms with van der Waals surface area (Å²) in [5.74, 6) is 0.180. The summed E-state index contributed by atoms with van der Waals surface area (Å²) in [6.45, 7) is 5.74.